The van der Waals surface area contributed by atoms with Crippen molar-refractivity contribution in [1.29, 1.82) is 0 Å². The zero-order valence-corrected chi connectivity index (χ0v) is 11.0. The van der Waals surface area contributed by atoms with Gasteiger partial charge in [0.25, 0.3) is 0 Å². The Morgan fingerprint density at radius 3 is 2.60 bits per heavy atom. The number of anilines is 1. The standard InChI is InChI=1S/C15H15FN2O2/c1-9-6-12(16)4-5-14(9)20-8-11-3-2-10(15(18)19)7-13(11)17/h2-7H,8,17H2,1H3,(H2,18,19). The van der Waals surface area contributed by atoms with Gasteiger partial charge in [-0.1, -0.05) is 6.07 Å². The molecule has 0 saturated heterocycles. The molecule has 4 N–H and O–H groups in total. The molecule has 1 amide bonds. The normalized spacial score (nSPS) is 10.3. The SMILES string of the molecule is Cc1cc(F)ccc1OCc1ccc(C(N)=O)cc1N. The lowest BCUT2D eigenvalue weighted by molar-refractivity contribution is 0.100. The molecule has 5 heteroatoms. The minimum atomic E-state index is -0.529. The summed E-state index contributed by atoms with van der Waals surface area (Å²) in [5.74, 6) is -0.247. The Hall–Kier alpha value is -2.56. The van der Waals surface area contributed by atoms with Crippen LogP contribution in [0.2, 0.25) is 0 Å². The number of hydrogen-bond acceptors (Lipinski definition) is 3. The molecular formula is C15H15FN2O2. The highest BCUT2D eigenvalue weighted by Crippen LogP contribution is 2.21. The van der Waals surface area contributed by atoms with Crippen LogP contribution in [0.15, 0.2) is 36.4 Å². The third-order valence-corrected chi connectivity index (χ3v) is 2.95. The third-order valence-electron chi connectivity index (χ3n) is 2.95. The number of rotatable bonds is 4. The fourth-order valence-electron chi connectivity index (χ4n) is 1.81. The number of benzene rings is 2. The lowest BCUT2D eigenvalue weighted by Crippen LogP contribution is -2.12. The zero-order valence-electron chi connectivity index (χ0n) is 11.0. The first-order chi connectivity index (χ1) is 9.47. The zero-order chi connectivity index (χ0) is 14.7. The maximum Gasteiger partial charge on any atom is 0.248 e. The van der Waals surface area contributed by atoms with Gasteiger partial charge in [-0.3, -0.25) is 4.79 Å². The van der Waals surface area contributed by atoms with Gasteiger partial charge in [0.2, 0.25) is 5.91 Å². The highest BCUT2D eigenvalue weighted by Gasteiger charge is 2.07. The Balaban J connectivity index is 2.13. The van der Waals surface area contributed by atoms with Crippen LogP contribution in [-0.2, 0) is 6.61 Å². The second-order valence-corrected chi connectivity index (χ2v) is 4.48. The number of hydrogen-bond donors (Lipinski definition) is 2. The van der Waals surface area contributed by atoms with Crippen molar-refractivity contribution < 1.29 is 13.9 Å². The van der Waals surface area contributed by atoms with Gasteiger partial charge in [0.05, 0.1) is 0 Å². The smallest absolute Gasteiger partial charge is 0.248 e. The molecule has 104 valence electrons. The minimum absolute atomic E-state index is 0.233. The third kappa shape index (κ3) is 3.06. The number of amides is 1. The predicted octanol–water partition coefficient (Wildman–Crippen LogP) is 2.39. The Kier molecular flexibility index (Phi) is 3.89. The molecule has 0 bridgehead atoms. The number of ether oxygens (including phenoxy) is 1. The molecule has 0 saturated carbocycles. The van der Waals surface area contributed by atoms with Crippen molar-refractivity contribution in [2.45, 2.75) is 13.5 Å². The van der Waals surface area contributed by atoms with Crippen molar-refractivity contribution in [2.75, 3.05) is 5.73 Å². The summed E-state index contributed by atoms with van der Waals surface area (Å²) in [7, 11) is 0. The average Bonchev–Trinajstić information content (AvgIpc) is 2.38. The summed E-state index contributed by atoms with van der Waals surface area (Å²) >= 11 is 0. The van der Waals surface area contributed by atoms with E-state index < -0.39 is 5.91 Å². The number of carbonyl (C=O) groups excluding carboxylic acids is 1. The van der Waals surface area contributed by atoms with Crippen molar-refractivity contribution >= 4 is 11.6 Å². The van der Waals surface area contributed by atoms with Crippen LogP contribution in [0, 0.1) is 12.7 Å². The average molecular weight is 274 g/mol. The second kappa shape index (κ2) is 5.61. The first-order valence-electron chi connectivity index (χ1n) is 6.04. The summed E-state index contributed by atoms with van der Waals surface area (Å²) in [5.41, 5.74) is 13.2. The fourth-order valence-corrected chi connectivity index (χ4v) is 1.81. The molecular weight excluding hydrogens is 259 g/mol. The van der Waals surface area contributed by atoms with Gasteiger partial charge >= 0.3 is 0 Å². The van der Waals surface area contributed by atoms with Gasteiger partial charge < -0.3 is 16.2 Å². The van der Waals surface area contributed by atoms with Crippen LogP contribution >= 0.6 is 0 Å². The molecule has 2 aromatic rings. The molecule has 0 aliphatic heterocycles. The molecule has 0 unspecified atom stereocenters. The molecule has 0 aliphatic rings. The van der Waals surface area contributed by atoms with Gasteiger partial charge in [-0.05, 0) is 42.8 Å². The molecule has 2 rings (SSSR count). The van der Waals surface area contributed by atoms with E-state index in [0.717, 1.165) is 5.56 Å². The lowest BCUT2D eigenvalue weighted by Gasteiger charge is -2.11. The van der Waals surface area contributed by atoms with E-state index in [2.05, 4.69) is 0 Å². The Labute approximate surface area is 116 Å². The second-order valence-electron chi connectivity index (χ2n) is 4.48. The molecule has 0 atom stereocenters. The summed E-state index contributed by atoms with van der Waals surface area (Å²) in [5, 5.41) is 0. The molecule has 0 aromatic heterocycles. The first-order valence-corrected chi connectivity index (χ1v) is 6.04. The minimum Gasteiger partial charge on any atom is -0.489 e. The molecule has 4 nitrogen and oxygen atoms in total. The van der Waals surface area contributed by atoms with Crippen LogP contribution in [0.1, 0.15) is 21.5 Å². The molecule has 2 aromatic carbocycles. The van der Waals surface area contributed by atoms with Crippen LogP contribution in [0.3, 0.4) is 0 Å². The molecule has 0 radical (unpaired) electrons. The highest BCUT2D eigenvalue weighted by molar-refractivity contribution is 5.93. The van der Waals surface area contributed by atoms with Gasteiger partial charge in [-0.15, -0.1) is 0 Å². The van der Waals surface area contributed by atoms with Crippen LogP contribution in [0.5, 0.6) is 5.75 Å². The fraction of sp³-hybridized carbons (Fsp3) is 0.133. The van der Waals surface area contributed by atoms with Crippen LogP contribution in [0.25, 0.3) is 0 Å². The van der Waals surface area contributed by atoms with Crippen molar-refractivity contribution in [2.24, 2.45) is 5.73 Å². The van der Waals surface area contributed by atoms with E-state index in [-0.39, 0.29) is 12.4 Å². The van der Waals surface area contributed by atoms with E-state index in [0.29, 0.717) is 22.6 Å². The summed E-state index contributed by atoms with van der Waals surface area (Å²) in [6.45, 7) is 2.00. The summed E-state index contributed by atoms with van der Waals surface area (Å²) in [6, 6.07) is 9.09. The van der Waals surface area contributed by atoms with Crippen molar-refractivity contribution in [1.82, 2.24) is 0 Å². The Morgan fingerprint density at radius 2 is 2.00 bits per heavy atom. The largest absolute Gasteiger partial charge is 0.489 e. The van der Waals surface area contributed by atoms with Crippen LogP contribution in [-0.4, -0.2) is 5.91 Å². The molecule has 20 heavy (non-hydrogen) atoms. The van der Waals surface area contributed by atoms with E-state index in [1.807, 2.05) is 0 Å². The molecule has 0 heterocycles. The molecule has 0 fully saturated rings. The maximum atomic E-state index is 13.0. The lowest BCUT2D eigenvalue weighted by atomic mass is 10.1. The number of carbonyl (C=O) groups is 1. The van der Waals surface area contributed by atoms with Gasteiger partial charge in [-0.2, -0.15) is 0 Å². The maximum absolute atomic E-state index is 13.0. The van der Waals surface area contributed by atoms with E-state index >= 15 is 0 Å². The number of nitrogens with two attached hydrogens (primary N) is 2. The summed E-state index contributed by atoms with van der Waals surface area (Å²) in [6.07, 6.45) is 0. The van der Waals surface area contributed by atoms with E-state index in [1.54, 1.807) is 25.1 Å². The van der Waals surface area contributed by atoms with Crippen molar-refractivity contribution in [3.05, 3.63) is 58.9 Å². The number of aryl methyl sites for hydroxylation is 1. The number of nitrogen functional groups attached to an aromatic ring is 1. The summed E-state index contributed by atoms with van der Waals surface area (Å²) in [4.78, 5) is 11.0. The van der Waals surface area contributed by atoms with Crippen molar-refractivity contribution in [3.8, 4) is 5.75 Å². The van der Waals surface area contributed by atoms with Gasteiger partial charge in [0.15, 0.2) is 0 Å². The quantitative estimate of drug-likeness (QED) is 0.840. The van der Waals surface area contributed by atoms with Crippen molar-refractivity contribution in [3.63, 3.8) is 0 Å². The highest BCUT2D eigenvalue weighted by atomic mass is 19.1. The number of primary amides is 1. The summed E-state index contributed by atoms with van der Waals surface area (Å²) < 4.78 is 18.6. The van der Waals surface area contributed by atoms with Gasteiger partial charge in [-0.25, -0.2) is 4.39 Å². The van der Waals surface area contributed by atoms with E-state index in [1.165, 1.54) is 18.2 Å². The van der Waals surface area contributed by atoms with E-state index in [9.17, 15) is 9.18 Å². The topological polar surface area (TPSA) is 78.3 Å². The van der Waals surface area contributed by atoms with Crippen LogP contribution < -0.4 is 16.2 Å². The predicted molar refractivity (Wildman–Crippen MR) is 74.8 cm³/mol. The van der Waals surface area contributed by atoms with E-state index in [4.69, 9.17) is 16.2 Å². The monoisotopic (exact) mass is 274 g/mol. The molecule has 0 aliphatic carbocycles. The number of halogens is 1. The van der Waals surface area contributed by atoms with Gasteiger partial charge in [0.1, 0.15) is 18.2 Å². The van der Waals surface area contributed by atoms with Gasteiger partial charge in [0, 0.05) is 16.8 Å². The Bertz CT molecular complexity index is 656. The van der Waals surface area contributed by atoms with Crippen LogP contribution in [0.4, 0.5) is 10.1 Å². The Morgan fingerprint density at radius 1 is 1.25 bits per heavy atom. The molecule has 0 spiro atoms. The first kappa shape index (κ1) is 13.9.